The van der Waals surface area contributed by atoms with Gasteiger partial charge in [-0.3, -0.25) is 9.78 Å². The molecule has 1 aliphatic carbocycles. The summed E-state index contributed by atoms with van der Waals surface area (Å²) in [7, 11) is 3.22. The number of hydrogen-bond acceptors (Lipinski definition) is 5. The molecule has 0 N–H and O–H groups in total. The highest BCUT2D eigenvalue weighted by atomic mass is 16.5. The van der Waals surface area contributed by atoms with Crippen molar-refractivity contribution >= 4 is 12.0 Å². The van der Waals surface area contributed by atoms with Gasteiger partial charge in [-0.2, -0.15) is 5.10 Å². The smallest absolute Gasteiger partial charge is 0.247 e. The van der Waals surface area contributed by atoms with E-state index in [1.807, 2.05) is 88.7 Å². The zero-order valence-electron chi connectivity index (χ0n) is 20.4. The Labute approximate surface area is 210 Å². The molecular formula is C29H28N4O3. The highest BCUT2D eigenvalue weighted by Crippen LogP contribution is 2.34. The topological polar surface area (TPSA) is 69.5 Å². The molecule has 0 saturated heterocycles. The van der Waals surface area contributed by atoms with E-state index in [2.05, 4.69) is 4.98 Å². The number of benzene rings is 2. The number of hydrogen-bond donors (Lipinski definition) is 0. The Morgan fingerprint density at radius 3 is 2.56 bits per heavy atom. The Bertz CT molecular complexity index is 1360. The number of pyridine rings is 1. The maximum absolute atomic E-state index is 13.3. The van der Waals surface area contributed by atoms with Gasteiger partial charge in [0, 0.05) is 48.4 Å². The molecule has 7 nitrogen and oxygen atoms in total. The molecule has 0 atom stereocenters. The third kappa shape index (κ3) is 5.15. The Morgan fingerprint density at radius 1 is 1.06 bits per heavy atom. The molecule has 0 radical (unpaired) electrons. The Hall–Kier alpha value is -4.39. The van der Waals surface area contributed by atoms with Crippen LogP contribution in [0.3, 0.4) is 0 Å². The second kappa shape index (κ2) is 10.5. The van der Waals surface area contributed by atoms with Crippen LogP contribution in [0.15, 0.2) is 85.3 Å². The number of aromatic nitrogens is 3. The molecule has 1 fully saturated rings. The quantitative estimate of drug-likeness (QED) is 0.310. The van der Waals surface area contributed by atoms with Gasteiger partial charge in [-0.25, -0.2) is 4.68 Å². The SMILES string of the molecule is COc1ccc(-c2nn(-c3ccccc3)cc2/C=C/C(=O)N(Cc2cccnc2)C2CC2)cc1OC. The molecule has 1 saturated carbocycles. The average Bonchev–Trinajstić information content (AvgIpc) is 3.69. The molecule has 0 aliphatic heterocycles. The van der Waals surface area contributed by atoms with Crippen molar-refractivity contribution in [1.29, 1.82) is 0 Å². The highest BCUT2D eigenvalue weighted by Gasteiger charge is 2.31. The zero-order chi connectivity index (χ0) is 24.9. The second-order valence-corrected chi connectivity index (χ2v) is 8.67. The summed E-state index contributed by atoms with van der Waals surface area (Å²) in [5.74, 6) is 1.24. The first-order chi connectivity index (χ1) is 17.7. The number of amides is 1. The lowest BCUT2D eigenvalue weighted by atomic mass is 10.1. The predicted molar refractivity (Wildman–Crippen MR) is 139 cm³/mol. The molecule has 7 heteroatoms. The lowest BCUT2D eigenvalue weighted by Gasteiger charge is -2.20. The van der Waals surface area contributed by atoms with E-state index in [1.165, 1.54) is 0 Å². The molecule has 4 aromatic rings. The van der Waals surface area contributed by atoms with Crippen LogP contribution in [-0.4, -0.2) is 45.8 Å². The lowest BCUT2D eigenvalue weighted by Crippen LogP contribution is -2.31. The minimum Gasteiger partial charge on any atom is -0.493 e. The molecular weight excluding hydrogens is 452 g/mol. The number of para-hydroxylation sites is 1. The first-order valence-corrected chi connectivity index (χ1v) is 11.9. The van der Waals surface area contributed by atoms with Gasteiger partial charge in [0.25, 0.3) is 0 Å². The Balaban J connectivity index is 1.48. The van der Waals surface area contributed by atoms with Crippen LogP contribution >= 0.6 is 0 Å². The van der Waals surface area contributed by atoms with Gasteiger partial charge in [-0.1, -0.05) is 24.3 Å². The van der Waals surface area contributed by atoms with E-state index < -0.39 is 0 Å². The molecule has 0 spiro atoms. The highest BCUT2D eigenvalue weighted by molar-refractivity contribution is 5.93. The fraction of sp³-hybridized carbons (Fsp3) is 0.207. The minimum atomic E-state index is -0.0212. The third-order valence-electron chi connectivity index (χ3n) is 6.17. The molecule has 36 heavy (non-hydrogen) atoms. The molecule has 5 rings (SSSR count). The standard InChI is InChI=1S/C29H28N4O3/c1-35-26-14-10-22(17-27(26)36-2)29-23(20-33(31-29)25-8-4-3-5-9-25)11-15-28(34)32(24-12-13-24)19-21-7-6-16-30-18-21/h3-11,14-18,20,24H,12-13,19H2,1-2H3/b15-11+. The molecule has 2 heterocycles. The van der Waals surface area contributed by atoms with Crippen molar-refractivity contribution < 1.29 is 14.3 Å². The number of nitrogens with zero attached hydrogens (tertiary/aromatic N) is 4. The minimum absolute atomic E-state index is 0.0212. The van der Waals surface area contributed by atoms with E-state index in [4.69, 9.17) is 14.6 Å². The van der Waals surface area contributed by atoms with E-state index >= 15 is 0 Å². The fourth-order valence-electron chi connectivity index (χ4n) is 4.15. The number of ether oxygens (including phenoxy) is 2. The van der Waals surface area contributed by atoms with Crippen molar-refractivity contribution in [2.24, 2.45) is 0 Å². The van der Waals surface area contributed by atoms with Gasteiger partial charge < -0.3 is 14.4 Å². The van der Waals surface area contributed by atoms with Crippen molar-refractivity contribution in [3.05, 3.63) is 96.5 Å². The van der Waals surface area contributed by atoms with E-state index in [0.717, 1.165) is 40.9 Å². The molecule has 2 aromatic heterocycles. The van der Waals surface area contributed by atoms with Crippen molar-refractivity contribution in [2.75, 3.05) is 14.2 Å². The van der Waals surface area contributed by atoms with Crippen molar-refractivity contribution in [2.45, 2.75) is 25.4 Å². The average molecular weight is 481 g/mol. The maximum Gasteiger partial charge on any atom is 0.247 e. The van der Waals surface area contributed by atoms with Gasteiger partial charge in [-0.15, -0.1) is 0 Å². The van der Waals surface area contributed by atoms with Crippen LogP contribution < -0.4 is 9.47 Å². The summed E-state index contributed by atoms with van der Waals surface area (Å²) in [6, 6.07) is 19.8. The Morgan fingerprint density at radius 2 is 1.86 bits per heavy atom. The molecule has 182 valence electrons. The summed E-state index contributed by atoms with van der Waals surface area (Å²) < 4.78 is 12.7. The largest absolute Gasteiger partial charge is 0.493 e. The molecule has 1 aliphatic rings. The molecule has 2 aromatic carbocycles. The van der Waals surface area contributed by atoms with Crippen LogP contribution in [0.4, 0.5) is 0 Å². The van der Waals surface area contributed by atoms with Crippen LogP contribution in [0.5, 0.6) is 11.5 Å². The summed E-state index contributed by atoms with van der Waals surface area (Å²) in [6.07, 6.45) is 11.0. The molecule has 0 bridgehead atoms. The maximum atomic E-state index is 13.3. The first-order valence-electron chi connectivity index (χ1n) is 11.9. The summed E-state index contributed by atoms with van der Waals surface area (Å²) in [5, 5.41) is 4.86. The molecule has 1 amide bonds. The summed E-state index contributed by atoms with van der Waals surface area (Å²) in [4.78, 5) is 19.4. The lowest BCUT2D eigenvalue weighted by molar-refractivity contribution is -0.127. The van der Waals surface area contributed by atoms with Crippen molar-refractivity contribution in [3.8, 4) is 28.4 Å². The number of carbonyl (C=O) groups excluding carboxylic acids is 1. The van der Waals surface area contributed by atoms with Crippen LogP contribution in [0, 0.1) is 0 Å². The van der Waals surface area contributed by atoms with E-state index in [1.54, 1.807) is 26.5 Å². The van der Waals surface area contributed by atoms with Gasteiger partial charge in [0.2, 0.25) is 5.91 Å². The predicted octanol–water partition coefficient (Wildman–Crippen LogP) is 5.16. The van der Waals surface area contributed by atoms with Crippen LogP contribution in [0.25, 0.3) is 23.0 Å². The van der Waals surface area contributed by atoms with Gasteiger partial charge in [0.15, 0.2) is 11.5 Å². The monoisotopic (exact) mass is 480 g/mol. The van der Waals surface area contributed by atoms with Crippen LogP contribution in [-0.2, 0) is 11.3 Å². The van der Waals surface area contributed by atoms with Crippen molar-refractivity contribution in [1.82, 2.24) is 19.7 Å². The summed E-state index contributed by atoms with van der Waals surface area (Å²) in [5.41, 5.74) is 4.39. The number of methoxy groups -OCH3 is 2. The van der Waals surface area contributed by atoms with Gasteiger partial charge >= 0.3 is 0 Å². The number of carbonyl (C=O) groups is 1. The number of rotatable bonds is 9. The van der Waals surface area contributed by atoms with Gasteiger partial charge in [0.1, 0.15) is 5.69 Å². The second-order valence-electron chi connectivity index (χ2n) is 8.67. The van der Waals surface area contributed by atoms with E-state index in [9.17, 15) is 4.79 Å². The van der Waals surface area contributed by atoms with Gasteiger partial charge in [-0.05, 0) is 60.9 Å². The van der Waals surface area contributed by atoms with Gasteiger partial charge in [0.05, 0.1) is 19.9 Å². The van der Waals surface area contributed by atoms with Crippen LogP contribution in [0.2, 0.25) is 0 Å². The summed E-state index contributed by atoms with van der Waals surface area (Å²) >= 11 is 0. The third-order valence-corrected chi connectivity index (χ3v) is 6.17. The van der Waals surface area contributed by atoms with E-state index in [-0.39, 0.29) is 11.9 Å². The van der Waals surface area contributed by atoms with E-state index in [0.29, 0.717) is 18.0 Å². The first kappa shape index (κ1) is 23.4. The summed E-state index contributed by atoms with van der Waals surface area (Å²) in [6.45, 7) is 0.549. The zero-order valence-corrected chi connectivity index (χ0v) is 20.4. The fourth-order valence-corrected chi connectivity index (χ4v) is 4.15. The Kier molecular flexibility index (Phi) is 6.80. The normalized spacial score (nSPS) is 13.1. The molecule has 0 unspecified atom stereocenters. The van der Waals surface area contributed by atoms with Crippen molar-refractivity contribution in [3.63, 3.8) is 0 Å². The van der Waals surface area contributed by atoms with Crippen LogP contribution in [0.1, 0.15) is 24.0 Å².